The Morgan fingerprint density at radius 2 is 1.70 bits per heavy atom. The molecule has 0 saturated heterocycles. The quantitative estimate of drug-likeness (QED) is 0.765. The summed E-state index contributed by atoms with van der Waals surface area (Å²) in [6.45, 7) is 6.00. The van der Waals surface area contributed by atoms with Crippen LogP contribution in [0.25, 0.3) is 0 Å². The minimum atomic E-state index is -0.838. The molecule has 0 aliphatic heterocycles. The number of ether oxygens (including phenoxy) is 1. The molecular formula is C22H35NO4. The molecule has 4 bridgehead atoms. The lowest BCUT2D eigenvalue weighted by atomic mass is 9.48. The second-order valence-electron chi connectivity index (χ2n) is 10.5. The number of amides is 1. The number of nitrogens with one attached hydrogen (secondary N) is 1. The van der Waals surface area contributed by atoms with Gasteiger partial charge in [-0.05, 0) is 82.5 Å². The first-order chi connectivity index (χ1) is 12.7. The summed E-state index contributed by atoms with van der Waals surface area (Å²) in [5.74, 6) is 0.992. The second kappa shape index (κ2) is 6.75. The van der Waals surface area contributed by atoms with Crippen LogP contribution in [0.4, 0.5) is 0 Å². The summed E-state index contributed by atoms with van der Waals surface area (Å²) in [6.07, 6.45) is 9.22. The number of carbonyl (C=O) groups is 2. The molecule has 0 radical (unpaired) electrons. The van der Waals surface area contributed by atoms with Gasteiger partial charge in [0.05, 0.1) is 11.5 Å². The van der Waals surface area contributed by atoms with Crippen molar-refractivity contribution in [2.75, 3.05) is 0 Å². The van der Waals surface area contributed by atoms with Crippen LogP contribution in [-0.4, -0.2) is 34.7 Å². The zero-order valence-corrected chi connectivity index (χ0v) is 17.0. The molecular weight excluding hydrogens is 342 g/mol. The number of hydrogen-bond donors (Lipinski definition) is 2. The van der Waals surface area contributed by atoms with E-state index in [2.05, 4.69) is 12.2 Å². The van der Waals surface area contributed by atoms with Crippen LogP contribution in [0.5, 0.6) is 0 Å². The van der Waals surface area contributed by atoms with Crippen LogP contribution in [0.3, 0.4) is 0 Å². The van der Waals surface area contributed by atoms with Gasteiger partial charge in [0.2, 0.25) is 0 Å². The summed E-state index contributed by atoms with van der Waals surface area (Å²) in [6, 6.07) is 0.119. The van der Waals surface area contributed by atoms with E-state index in [1.807, 2.05) is 13.8 Å². The number of carbonyl (C=O) groups excluding carboxylic acids is 1. The Labute approximate surface area is 162 Å². The van der Waals surface area contributed by atoms with Gasteiger partial charge >= 0.3 is 5.97 Å². The van der Waals surface area contributed by atoms with Gasteiger partial charge < -0.3 is 15.2 Å². The minimum Gasteiger partial charge on any atom is -0.481 e. The highest BCUT2D eigenvalue weighted by Gasteiger charge is 2.59. The maximum Gasteiger partial charge on any atom is 0.309 e. The first-order valence-electron chi connectivity index (χ1n) is 10.9. The van der Waals surface area contributed by atoms with E-state index < -0.39 is 17.0 Å². The molecule has 2 unspecified atom stereocenters. The Bertz CT molecular complexity index is 599. The van der Waals surface area contributed by atoms with Gasteiger partial charge in [0, 0.05) is 6.04 Å². The van der Waals surface area contributed by atoms with E-state index in [0.29, 0.717) is 23.7 Å². The summed E-state index contributed by atoms with van der Waals surface area (Å²) in [7, 11) is 0. The monoisotopic (exact) mass is 377 g/mol. The van der Waals surface area contributed by atoms with Crippen molar-refractivity contribution in [2.24, 2.45) is 29.1 Å². The largest absolute Gasteiger partial charge is 0.481 e. The molecule has 0 aromatic heterocycles. The summed E-state index contributed by atoms with van der Waals surface area (Å²) >= 11 is 0. The van der Waals surface area contributed by atoms with Crippen LogP contribution < -0.4 is 5.32 Å². The predicted octanol–water partition coefficient (Wildman–Crippen LogP) is 3.76. The Morgan fingerprint density at radius 1 is 1.07 bits per heavy atom. The molecule has 0 aromatic rings. The zero-order chi connectivity index (χ0) is 19.4. The summed E-state index contributed by atoms with van der Waals surface area (Å²) < 4.78 is 6.30. The van der Waals surface area contributed by atoms with E-state index in [0.717, 1.165) is 38.5 Å². The Kier molecular flexibility index (Phi) is 4.81. The molecule has 4 atom stereocenters. The third kappa shape index (κ3) is 3.41. The van der Waals surface area contributed by atoms with Gasteiger partial charge in [0.1, 0.15) is 5.60 Å². The molecule has 5 fully saturated rings. The van der Waals surface area contributed by atoms with E-state index in [-0.39, 0.29) is 18.1 Å². The Morgan fingerprint density at radius 3 is 2.30 bits per heavy atom. The molecule has 5 aliphatic carbocycles. The molecule has 152 valence electrons. The average Bonchev–Trinajstić information content (AvgIpc) is 2.59. The fourth-order valence-corrected chi connectivity index (χ4v) is 6.74. The number of rotatable bonds is 5. The molecule has 5 rings (SSSR count). The standard InChI is InChI=1S/C22H35NO4/c1-13-6-4-5-7-17(13)27-21(2,3)19(24)23-18-15-8-14-9-16(18)12-22(10-14,11-15)20(25)26/h13-18H,4-12H2,1-3H3,(H,23,24)(H,25,26)/t13-,14?,15?,16?,17-,18?,22?/m0/s1. The molecule has 5 saturated carbocycles. The van der Waals surface area contributed by atoms with Crippen molar-refractivity contribution in [3.63, 3.8) is 0 Å². The molecule has 2 N–H and O–H groups in total. The van der Waals surface area contributed by atoms with E-state index >= 15 is 0 Å². The maximum atomic E-state index is 13.1. The van der Waals surface area contributed by atoms with Crippen LogP contribution in [0.2, 0.25) is 0 Å². The lowest BCUT2D eigenvalue weighted by Gasteiger charge is -2.58. The first-order valence-corrected chi connectivity index (χ1v) is 10.9. The highest BCUT2D eigenvalue weighted by Crippen LogP contribution is 2.60. The van der Waals surface area contributed by atoms with Gasteiger partial charge in [-0.15, -0.1) is 0 Å². The van der Waals surface area contributed by atoms with Crippen LogP contribution in [0.15, 0.2) is 0 Å². The number of aliphatic carboxylic acids is 1. The summed E-state index contributed by atoms with van der Waals surface area (Å²) in [5, 5.41) is 13.1. The van der Waals surface area contributed by atoms with E-state index in [9.17, 15) is 14.7 Å². The SMILES string of the molecule is C[C@H]1CCCC[C@@H]1OC(C)(C)C(=O)NC1C2CC3CC1CC(C(=O)O)(C3)C2. The summed E-state index contributed by atoms with van der Waals surface area (Å²) in [4.78, 5) is 25.0. The average molecular weight is 378 g/mol. The molecule has 27 heavy (non-hydrogen) atoms. The van der Waals surface area contributed by atoms with Crippen LogP contribution >= 0.6 is 0 Å². The van der Waals surface area contributed by atoms with E-state index in [1.54, 1.807) is 0 Å². The van der Waals surface area contributed by atoms with Crippen LogP contribution in [-0.2, 0) is 14.3 Å². The summed E-state index contributed by atoms with van der Waals surface area (Å²) in [5.41, 5.74) is -1.36. The molecule has 5 heteroatoms. The fraction of sp³-hybridized carbons (Fsp3) is 0.909. The van der Waals surface area contributed by atoms with E-state index in [4.69, 9.17) is 4.74 Å². The van der Waals surface area contributed by atoms with E-state index in [1.165, 1.54) is 19.3 Å². The normalized spacial score (nSPS) is 43.5. The smallest absolute Gasteiger partial charge is 0.309 e. The van der Waals surface area contributed by atoms with Crippen molar-refractivity contribution in [1.82, 2.24) is 5.32 Å². The lowest BCUT2D eigenvalue weighted by Crippen LogP contribution is -2.63. The molecule has 0 heterocycles. The third-order valence-electron chi connectivity index (χ3n) is 8.05. The second-order valence-corrected chi connectivity index (χ2v) is 10.5. The third-order valence-corrected chi connectivity index (χ3v) is 8.05. The predicted molar refractivity (Wildman–Crippen MR) is 102 cm³/mol. The minimum absolute atomic E-state index is 0.0258. The van der Waals surface area contributed by atoms with Gasteiger partial charge in [0.25, 0.3) is 5.91 Å². The highest BCUT2D eigenvalue weighted by molar-refractivity contribution is 5.84. The van der Waals surface area contributed by atoms with Crippen molar-refractivity contribution < 1.29 is 19.4 Å². The number of carboxylic acids is 1. The first kappa shape index (κ1) is 19.2. The number of carboxylic acid groups (broad SMARTS) is 1. The van der Waals surface area contributed by atoms with Crippen molar-refractivity contribution in [2.45, 2.75) is 96.3 Å². The molecule has 0 aromatic carbocycles. The molecule has 5 aliphatic rings. The van der Waals surface area contributed by atoms with Gasteiger partial charge in [-0.3, -0.25) is 9.59 Å². The fourth-order valence-electron chi connectivity index (χ4n) is 6.74. The van der Waals surface area contributed by atoms with Crippen molar-refractivity contribution in [3.8, 4) is 0 Å². The highest BCUT2D eigenvalue weighted by atomic mass is 16.5. The van der Waals surface area contributed by atoms with Crippen molar-refractivity contribution in [1.29, 1.82) is 0 Å². The van der Waals surface area contributed by atoms with Crippen molar-refractivity contribution >= 4 is 11.9 Å². The van der Waals surface area contributed by atoms with Crippen molar-refractivity contribution in [3.05, 3.63) is 0 Å². The maximum absolute atomic E-state index is 13.1. The van der Waals surface area contributed by atoms with Gasteiger partial charge in [0.15, 0.2) is 0 Å². The van der Waals surface area contributed by atoms with Gasteiger partial charge in [-0.2, -0.15) is 0 Å². The Hall–Kier alpha value is -1.10. The van der Waals surface area contributed by atoms with Gasteiger partial charge in [-0.1, -0.05) is 19.8 Å². The molecule has 5 nitrogen and oxygen atoms in total. The van der Waals surface area contributed by atoms with Crippen LogP contribution in [0.1, 0.15) is 78.6 Å². The number of hydrogen-bond acceptors (Lipinski definition) is 3. The zero-order valence-electron chi connectivity index (χ0n) is 17.0. The lowest BCUT2D eigenvalue weighted by molar-refractivity contribution is -0.171. The molecule has 1 amide bonds. The van der Waals surface area contributed by atoms with Gasteiger partial charge in [-0.25, -0.2) is 0 Å². The Balaban J connectivity index is 1.42. The topological polar surface area (TPSA) is 75.6 Å². The molecule has 0 spiro atoms. The van der Waals surface area contributed by atoms with Crippen LogP contribution in [0, 0.1) is 29.1 Å².